The molecule has 1 fully saturated rings. The number of carbonyl (C=O) groups is 2. The van der Waals surface area contributed by atoms with Crippen LogP contribution < -0.4 is 0 Å². The van der Waals surface area contributed by atoms with Crippen molar-refractivity contribution in [3.63, 3.8) is 0 Å². The maximum Gasteiger partial charge on any atom is 0.255 e. The molecule has 0 N–H and O–H groups in total. The molecule has 1 aliphatic rings. The van der Waals surface area contributed by atoms with E-state index in [0.717, 1.165) is 12.1 Å². The number of hydrogen-bond acceptors (Lipinski definition) is 4. The lowest BCUT2D eigenvalue weighted by atomic mass is 10.1. The largest absolute Gasteiger partial charge is 0.338 e. The number of sulfone groups is 1. The van der Waals surface area contributed by atoms with Crippen molar-refractivity contribution in [1.29, 1.82) is 0 Å². The van der Waals surface area contributed by atoms with Crippen LogP contribution in [0.25, 0.3) is 0 Å². The molecule has 0 aliphatic carbocycles. The van der Waals surface area contributed by atoms with E-state index in [1.807, 2.05) is 0 Å². The van der Waals surface area contributed by atoms with Gasteiger partial charge in [-0.2, -0.15) is 0 Å². The van der Waals surface area contributed by atoms with Crippen LogP contribution >= 0.6 is 23.2 Å². The molecule has 154 valence electrons. The Labute approximate surface area is 177 Å². The first-order valence-electron chi connectivity index (χ1n) is 8.68. The Morgan fingerprint density at radius 3 is 2.10 bits per heavy atom. The first-order chi connectivity index (χ1) is 13.7. The quantitative estimate of drug-likeness (QED) is 0.705. The van der Waals surface area contributed by atoms with Crippen LogP contribution in [0, 0.1) is 5.82 Å². The summed E-state index contributed by atoms with van der Waals surface area (Å²) >= 11 is 11.7. The fourth-order valence-electron chi connectivity index (χ4n) is 2.97. The third kappa shape index (κ3) is 5.07. The summed E-state index contributed by atoms with van der Waals surface area (Å²) < 4.78 is 38.0. The van der Waals surface area contributed by atoms with Gasteiger partial charge in [-0.1, -0.05) is 23.2 Å². The van der Waals surface area contributed by atoms with Gasteiger partial charge in [0, 0.05) is 31.2 Å². The molecule has 6 nitrogen and oxygen atoms in total. The maximum absolute atomic E-state index is 13.2. The predicted octanol–water partition coefficient (Wildman–Crippen LogP) is 2.89. The molecular formula is C19H17Cl2FN2O4S. The van der Waals surface area contributed by atoms with Crippen LogP contribution in [0.5, 0.6) is 0 Å². The fourth-order valence-corrected chi connectivity index (χ4v) is 4.57. The lowest BCUT2D eigenvalue weighted by Crippen LogP contribution is -2.51. The van der Waals surface area contributed by atoms with E-state index >= 15 is 0 Å². The second-order valence-corrected chi connectivity index (χ2v) is 9.34. The summed E-state index contributed by atoms with van der Waals surface area (Å²) in [5.41, 5.74) is 0.179. The second kappa shape index (κ2) is 8.69. The number of piperazine rings is 1. The summed E-state index contributed by atoms with van der Waals surface area (Å²) in [5, 5.41) is 0.417. The number of amides is 2. The highest BCUT2D eigenvalue weighted by molar-refractivity contribution is 7.92. The number of rotatable bonds is 4. The topological polar surface area (TPSA) is 74.8 Å². The zero-order valence-electron chi connectivity index (χ0n) is 15.1. The molecule has 2 aromatic rings. The molecular weight excluding hydrogens is 442 g/mol. The van der Waals surface area contributed by atoms with E-state index in [2.05, 4.69) is 0 Å². The molecule has 0 unspecified atom stereocenters. The van der Waals surface area contributed by atoms with Gasteiger partial charge in [0.1, 0.15) is 11.6 Å². The summed E-state index contributed by atoms with van der Waals surface area (Å²) in [5.74, 6) is -2.10. The number of benzene rings is 2. The van der Waals surface area contributed by atoms with Crippen LogP contribution in [0.3, 0.4) is 0 Å². The summed E-state index contributed by atoms with van der Waals surface area (Å²) in [6.45, 7) is 0.831. The number of halogens is 3. The molecule has 1 aliphatic heterocycles. The van der Waals surface area contributed by atoms with E-state index in [-0.39, 0.29) is 47.6 Å². The Bertz CT molecular complexity index is 1040. The van der Waals surface area contributed by atoms with E-state index < -0.39 is 27.3 Å². The number of carbonyl (C=O) groups excluding carboxylic acids is 2. The number of hydrogen-bond donors (Lipinski definition) is 0. The van der Waals surface area contributed by atoms with Crippen molar-refractivity contribution in [1.82, 2.24) is 9.80 Å². The van der Waals surface area contributed by atoms with E-state index in [4.69, 9.17) is 23.2 Å². The Morgan fingerprint density at radius 1 is 0.931 bits per heavy atom. The second-order valence-electron chi connectivity index (χ2n) is 6.51. The lowest BCUT2D eigenvalue weighted by Gasteiger charge is -2.35. The van der Waals surface area contributed by atoms with E-state index in [0.29, 0.717) is 5.02 Å². The standard InChI is InChI=1S/C19H17Cl2FN2O4S/c20-13-1-4-15(5-2-13)29(27,28)12-18(25)23-7-9-24(10-8-23)19(26)16-6-3-14(22)11-17(16)21/h1-6,11H,7-10,12H2. The molecule has 2 aromatic carbocycles. The molecule has 0 radical (unpaired) electrons. The molecule has 0 bridgehead atoms. The molecule has 0 saturated carbocycles. The Morgan fingerprint density at radius 2 is 1.52 bits per heavy atom. The van der Waals surface area contributed by atoms with Crippen LogP contribution in [-0.4, -0.2) is 62.0 Å². The molecule has 3 rings (SSSR count). The minimum absolute atomic E-state index is 0.0163. The normalized spacial score (nSPS) is 14.7. The van der Waals surface area contributed by atoms with Gasteiger partial charge in [-0.15, -0.1) is 0 Å². The molecule has 1 heterocycles. The predicted molar refractivity (Wildman–Crippen MR) is 107 cm³/mol. The SMILES string of the molecule is O=C(CS(=O)(=O)c1ccc(Cl)cc1)N1CCN(C(=O)c2ccc(F)cc2Cl)CC1. The highest BCUT2D eigenvalue weighted by atomic mass is 35.5. The highest BCUT2D eigenvalue weighted by Crippen LogP contribution is 2.20. The third-order valence-corrected chi connectivity index (χ3v) is 6.75. The van der Waals surface area contributed by atoms with Gasteiger partial charge in [0.2, 0.25) is 5.91 Å². The van der Waals surface area contributed by atoms with Crippen molar-refractivity contribution in [2.24, 2.45) is 0 Å². The van der Waals surface area contributed by atoms with Crippen LogP contribution in [0.1, 0.15) is 10.4 Å². The Balaban J connectivity index is 1.60. The first kappa shape index (κ1) is 21.5. The average molecular weight is 459 g/mol. The van der Waals surface area contributed by atoms with Gasteiger partial charge in [-0.05, 0) is 42.5 Å². The molecule has 0 aromatic heterocycles. The van der Waals surface area contributed by atoms with Crippen molar-refractivity contribution in [3.05, 3.63) is 63.9 Å². The van der Waals surface area contributed by atoms with Crippen molar-refractivity contribution < 1.29 is 22.4 Å². The fraction of sp³-hybridized carbons (Fsp3) is 0.263. The van der Waals surface area contributed by atoms with Crippen molar-refractivity contribution in [2.75, 3.05) is 31.9 Å². The monoisotopic (exact) mass is 458 g/mol. The molecule has 29 heavy (non-hydrogen) atoms. The first-order valence-corrected chi connectivity index (χ1v) is 11.1. The summed E-state index contributed by atoms with van der Waals surface area (Å²) in [4.78, 5) is 27.9. The minimum atomic E-state index is -3.79. The van der Waals surface area contributed by atoms with Crippen molar-refractivity contribution in [2.45, 2.75) is 4.90 Å². The van der Waals surface area contributed by atoms with Crippen LogP contribution in [0.2, 0.25) is 10.0 Å². The van der Waals surface area contributed by atoms with E-state index in [1.165, 1.54) is 40.1 Å². The van der Waals surface area contributed by atoms with Gasteiger partial charge in [0.05, 0.1) is 15.5 Å². The summed E-state index contributed by atoms with van der Waals surface area (Å²) in [6.07, 6.45) is 0. The Hall–Kier alpha value is -2.16. The smallest absolute Gasteiger partial charge is 0.255 e. The van der Waals surface area contributed by atoms with E-state index in [9.17, 15) is 22.4 Å². The zero-order chi connectivity index (χ0) is 21.2. The third-order valence-electron chi connectivity index (χ3n) is 4.57. The van der Waals surface area contributed by atoms with Crippen LogP contribution in [0.4, 0.5) is 4.39 Å². The van der Waals surface area contributed by atoms with Gasteiger partial charge < -0.3 is 9.80 Å². The molecule has 0 spiro atoms. The van der Waals surface area contributed by atoms with Crippen molar-refractivity contribution in [3.8, 4) is 0 Å². The molecule has 1 saturated heterocycles. The minimum Gasteiger partial charge on any atom is -0.338 e. The zero-order valence-corrected chi connectivity index (χ0v) is 17.5. The van der Waals surface area contributed by atoms with Gasteiger partial charge in [-0.25, -0.2) is 12.8 Å². The van der Waals surface area contributed by atoms with Gasteiger partial charge in [0.15, 0.2) is 9.84 Å². The van der Waals surface area contributed by atoms with Gasteiger partial charge in [-0.3, -0.25) is 9.59 Å². The lowest BCUT2D eigenvalue weighted by molar-refractivity contribution is -0.129. The summed E-state index contributed by atoms with van der Waals surface area (Å²) in [6, 6.07) is 9.14. The average Bonchev–Trinajstić information content (AvgIpc) is 2.67. The van der Waals surface area contributed by atoms with Gasteiger partial charge in [0.25, 0.3) is 5.91 Å². The molecule has 0 atom stereocenters. The van der Waals surface area contributed by atoms with Crippen LogP contribution in [0.15, 0.2) is 47.4 Å². The van der Waals surface area contributed by atoms with Crippen LogP contribution in [-0.2, 0) is 14.6 Å². The van der Waals surface area contributed by atoms with Crippen molar-refractivity contribution >= 4 is 44.9 Å². The molecule has 2 amide bonds. The number of nitrogens with zero attached hydrogens (tertiary/aromatic N) is 2. The van der Waals surface area contributed by atoms with Gasteiger partial charge >= 0.3 is 0 Å². The van der Waals surface area contributed by atoms with E-state index in [1.54, 1.807) is 0 Å². The highest BCUT2D eigenvalue weighted by Gasteiger charge is 2.29. The maximum atomic E-state index is 13.2. The summed E-state index contributed by atoms with van der Waals surface area (Å²) in [7, 11) is -3.79. The Kier molecular flexibility index (Phi) is 6.45. The molecule has 10 heteroatoms.